The van der Waals surface area contributed by atoms with Crippen LogP contribution in [0.5, 0.6) is 5.75 Å². The number of rotatable bonds is 7. The maximum atomic E-state index is 12.1. The Morgan fingerprint density at radius 3 is 2.07 bits per heavy atom. The maximum Gasteiger partial charge on any atom is 0.231 e. The predicted molar refractivity (Wildman–Crippen MR) is 114 cm³/mol. The van der Waals surface area contributed by atoms with Crippen molar-refractivity contribution in [3.05, 3.63) is 24.3 Å². The highest BCUT2D eigenvalue weighted by Gasteiger charge is 2.44. The highest BCUT2D eigenvalue weighted by Crippen LogP contribution is 2.42. The van der Waals surface area contributed by atoms with E-state index in [1.165, 1.54) is 0 Å². The molecule has 4 nitrogen and oxygen atoms in total. The fourth-order valence-electron chi connectivity index (χ4n) is 4.42. The molecule has 0 aromatic heterocycles. The summed E-state index contributed by atoms with van der Waals surface area (Å²) in [4.78, 5) is 13.8. The summed E-state index contributed by atoms with van der Waals surface area (Å²) in [6.07, 6.45) is 0.472. The monoisotopic (exact) mass is 387 g/mol. The molecule has 1 aliphatic rings. The molecule has 0 bridgehead atoms. The molecule has 1 atom stereocenters. The van der Waals surface area contributed by atoms with Gasteiger partial charge in [-0.25, -0.2) is 0 Å². The lowest BCUT2D eigenvalue weighted by Gasteiger charge is -2.41. The van der Waals surface area contributed by atoms with Crippen LogP contribution in [0.25, 0.3) is 0 Å². The van der Waals surface area contributed by atoms with E-state index in [0.29, 0.717) is 29.7 Å². The third kappa shape index (κ3) is 4.39. The van der Waals surface area contributed by atoms with Crippen molar-refractivity contribution in [2.45, 2.75) is 70.6 Å². The van der Waals surface area contributed by atoms with E-state index < -0.39 is 8.32 Å². The Bertz CT molecular complexity index is 679. The minimum absolute atomic E-state index is 0.0669. The quantitative estimate of drug-likeness (QED) is 0.376. The first-order chi connectivity index (χ1) is 12.7. The molecule has 0 aliphatic carbocycles. The molecule has 1 unspecified atom stereocenters. The Labute approximate surface area is 165 Å². The molecule has 1 aromatic carbocycles. The molecule has 27 heavy (non-hydrogen) atoms. The van der Waals surface area contributed by atoms with E-state index in [4.69, 9.17) is 9.16 Å². The first kappa shape index (κ1) is 21.5. The summed E-state index contributed by atoms with van der Waals surface area (Å²) in [5.74, 6) is 7.32. The van der Waals surface area contributed by atoms with Crippen LogP contribution in [0.3, 0.4) is 0 Å². The van der Waals surface area contributed by atoms with Crippen LogP contribution in [0.2, 0.25) is 16.6 Å². The zero-order valence-corrected chi connectivity index (χ0v) is 18.7. The fourth-order valence-corrected chi connectivity index (χ4v) is 9.74. The van der Waals surface area contributed by atoms with E-state index in [1.807, 2.05) is 24.3 Å². The fraction of sp³-hybridized carbons (Fsp3) is 0.591. The van der Waals surface area contributed by atoms with Gasteiger partial charge in [0.15, 0.2) is 0 Å². The van der Waals surface area contributed by atoms with Gasteiger partial charge >= 0.3 is 0 Å². The first-order valence-corrected chi connectivity index (χ1v) is 12.0. The summed E-state index contributed by atoms with van der Waals surface area (Å²) in [6.45, 7) is 14.1. The minimum atomic E-state index is -1.89. The number of benzene rings is 1. The van der Waals surface area contributed by atoms with Gasteiger partial charge in [0.2, 0.25) is 14.2 Å². The second kappa shape index (κ2) is 8.94. The van der Waals surface area contributed by atoms with E-state index >= 15 is 0 Å². The summed E-state index contributed by atoms with van der Waals surface area (Å²) in [7, 11) is -0.262. The third-order valence-corrected chi connectivity index (χ3v) is 11.7. The SMILES string of the molecule is COc1ccc(N2C(=O)CC2C#CCO[Si](C(C)C)(C(C)C)C(C)C)cc1. The van der Waals surface area contributed by atoms with Gasteiger partial charge in [-0.2, -0.15) is 0 Å². The van der Waals surface area contributed by atoms with Gasteiger partial charge < -0.3 is 9.16 Å². The predicted octanol–water partition coefficient (Wildman–Crippen LogP) is 5.00. The smallest absolute Gasteiger partial charge is 0.231 e. The largest absolute Gasteiger partial charge is 0.497 e. The standard InChI is InChI=1S/C22H33NO3Si/c1-16(2)27(17(3)4,18(5)6)26-14-8-9-20-15-22(24)23(20)19-10-12-21(25-7)13-11-19/h10-13,16-18,20H,14-15H2,1-7H3. The molecule has 1 fully saturated rings. The van der Waals surface area contributed by atoms with Crippen LogP contribution in [-0.4, -0.2) is 34.0 Å². The summed E-state index contributed by atoms with van der Waals surface area (Å²) < 4.78 is 11.7. The molecule has 2 rings (SSSR count). The average Bonchev–Trinajstić information content (AvgIpc) is 2.60. The van der Waals surface area contributed by atoms with Crippen LogP contribution in [0.4, 0.5) is 5.69 Å². The van der Waals surface area contributed by atoms with Crippen molar-refractivity contribution in [1.29, 1.82) is 0 Å². The zero-order chi connectivity index (χ0) is 20.2. The van der Waals surface area contributed by atoms with Gasteiger partial charge in [-0.15, -0.1) is 0 Å². The molecule has 1 aliphatic heterocycles. The lowest BCUT2D eigenvalue weighted by atomic mass is 10.0. The molecule has 0 radical (unpaired) electrons. The number of anilines is 1. The lowest BCUT2D eigenvalue weighted by molar-refractivity contribution is -0.123. The zero-order valence-electron chi connectivity index (χ0n) is 17.7. The third-order valence-electron chi connectivity index (χ3n) is 5.67. The second-order valence-corrected chi connectivity index (χ2v) is 13.6. The maximum absolute atomic E-state index is 12.1. The molecule has 0 spiro atoms. The molecule has 0 saturated carbocycles. The normalized spacial score (nSPS) is 17.2. The van der Waals surface area contributed by atoms with Crippen molar-refractivity contribution < 1.29 is 14.0 Å². The molecular formula is C22H33NO3Si. The first-order valence-electron chi connectivity index (χ1n) is 9.82. The van der Waals surface area contributed by atoms with Crippen molar-refractivity contribution in [3.63, 3.8) is 0 Å². The van der Waals surface area contributed by atoms with Gasteiger partial charge in [0.25, 0.3) is 0 Å². The summed E-state index contributed by atoms with van der Waals surface area (Å²) in [5.41, 5.74) is 2.49. The summed E-state index contributed by atoms with van der Waals surface area (Å²) in [5, 5.41) is 0. The van der Waals surface area contributed by atoms with Gasteiger partial charge in [-0.05, 0) is 40.9 Å². The van der Waals surface area contributed by atoms with Crippen molar-refractivity contribution in [2.75, 3.05) is 18.6 Å². The second-order valence-electron chi connectivity index (χ2n) is 8.11. The van der Waals surface area contributed by atoms with Crippen molar-refractivity contribution in [2.24, 2.45) is 0 Å². The molecule has 1 aromatic rings. The molecule has 1 heterocycles. The Balaban J connectivity index is 2.05. The number of hydrogen-bond donors (Lipinski definition) is 0. The van der Waals surface area contributed by atoms with Crippen LogP contribution in [0.1, 0.15) is 48.0 Å². The van der Waals surface area contributed by atoms with Crippen LogP contribution in [0, 0.1) is 11.8 Å². The van der Waals surface area contributed by atoms with E-state index in [9.17, 15) is 4.79 Å². The Hall–Kier alpha value is -1.77. The van der Waals surface area contributed by atoms with Crippen molar-refractivity contribution >= 4 is 19.9 Å². The number of hydrogen-bond acceptors (Lipinski definition) is 3. The minimum Gasteiger partial charge on any atom is -0.497 e. The average molecular weight is 388 g/mol. The molecule has 1 saturated heterocycles. The number of methoxy groups -OCH3 is 1. The van der Waals surface area contributed by atoms with Crippen LogP contribution in [0.15, 0.2) is 24.3 Å². The lowest BCUT2D eigenvalue weighted by Crippen LogP contribution is -2.52. The Morgan fingerprint density at radius 2 is 1.63 bits per heavy atom. The van der Waals surface area contributed by atoms with Crippen LogP contribution >= 0.6 is 0 Å². The number of nitrogens with zero attached hydrogens (tertiary/aromatic N) is 1. The topological polar surface area (TPSA) is 38.8 Å². The van der Waals surface area contributed by atoms with E-state index in [2.05, 4.69) is 53.4 Å². The molecule has 0 N–H and O–H groups in total. The van der Waals surface area contributed by atoms with E-state index in [1.54, 1.807) is 12.0 Å². The van der Waals surface area contributed by atoms with Crippen LogP contribution < -0.4 is 9.64 Å². The van der Waals surface area contributed by atoms with E-state index in [-0.39, 0.29) is 11.9 Å². The highest BCUT2D eigenvalue weighted by molar-refractivity contribution is 6.77. The van der Waals surface area contributed by atoms with Crippen molar-refractivity contribution in [3.8, 4) is 17.6 Å². The number of carbonyl (C=O) groups is 1. The highest BCUT2D eigenvalue weighted by atomic mass is 28.4. The van der Waals surface area contributed by atoms with Gasteiger partial charge in [-0.3, -0.25) is 9.69 Å². The molecule has 1 amide bonds. The summed E-state index contributed by atoms with van der Waals surface area (Å²) in [6, 6.07) is 7.46. The molecule has 148 valence electrons. The van der Waals surface area contributed by atoms with Gasteiger partial charge in [-0.1, -0.05) is 53.4 Å². The summed E-state index contributed by atoms with van der Waals surface area (Å²) >= 11 is 0. The van der Waals surface area contributed by atoms with E-state index in [0.717, 1.165) is 11.4 Å². The van der Waals surface area contributed by atoms with Gasteiger partial charge in [0.1, 0.15) is 11.8 Å². The van der Waals surface area contributed by atoms with Crippen LogP contribution in [-0.2, 0) is 9.22 Å². The number of ether oxygens (including phenoxy) is 1. The Kier molecular flexibility index (Phi) is 7.13. The molecule has 5 heteroatoms. The number of carbonyl (C=O) groups excluding carboxylic acids is 1. The van der Waals surface area contributed by atoms with Gasteiger partial charge in [0.05, 0.1) is 20.1 Å². The Morgan fingerprint density at radius 1 is 1.07 bits per heavy atom. The molecular weight excluding hydrogens is 354 g/mol. The number of β-lactam (4-membered cyclic amide) rings is 1. The van der Waals surface area contributed by atoms with Crippen molar-refractivity contribution in [1.82, 2.24) is 0 Å². The van der Waals surface area contributed by atoms with Gasteiger partial charge in [0, 0.05) is 5.69 Å². The number of amides is 1.